The van der Waals surface area contributed by atoms with E-state index >= 15 is 0 Å². The molecule has 2 aromatic rings. The Morgan fingerprint density at radius 2 is 1.94 bits per heavy atom. The van der Waals surface area contributed by atoms with Crippen LogP contribution in [0.25, 0.3) is 5.69 Å². The molecule has 1 aromatic carbocycles. The number of hydrogen-bond acceptors (Lipinski definition) is 2. The van der Waals surface area contributed by atoms with E-state index in [4.69, 9.17) is 23.2 Å². The van der Waals surface area contributed by atoms with E-state index in [1.807, 2.05) is 0 Å². The van der Waals surface area contributed by atoms with Gasteiger partial charge in [-0.3, -0.25) is 4.57 Å². The smallest absolute Gasteiger partial charge is 0.335 e. The van der Waals surface area contributed by atoms with Crippen molar-refractivity contribution in [2.45, 2.75) is 0 Å². The Morgan fingerprint density at radius 1 is 1.25 bits per heavy atom. The van der Waals surface area contributed by atoms with E-state index in [2.05, 4.69) is 0 Å². The molecule has 0 aliphatic carbocycles. The molecular weight excluding hydrogens is 251 g/mol. The van der Waals surface area contributed by atoms with Gasteiger partial charge in [0.05, 0.1) is 21.9 Å². The summed E-state index contributed by atoms with van der Waals surface area (Å²) in [4.78, 5) is 11.7. The zero-order chi connectivity index (χ0) is 11.9. The van der Waals surface area contributed by atoms with Crippen LogP contribution in [0.1, 0.15) is 0 Å². The molecule has 0 unspecified atom stereocenters. The van der Waals surface area contributed by atoms with Gasteiger partial charge < -0.3 is 5.11 Å². The van der Waals surface area contributed by atoms with Gasteiger partial charge in [0.2, 0.25) is 5.88 Å². The molecule has 0 bridgehead atoms. The van der Waals surface area contributed by atoms with Gasteiger partial charge in [-0.05, 0) is 18.2 Å². The number of halogens is 2. The highest BCUT2D eigenvalue weighted by molar-refractivity contribution is 6.42. The summed E-state index contributed by atoms with van der Waals surface area (Å²) < 4.78 is 2.42. The van der Waals surface area contributed by atoms with Gasteiger partial charge in [0.15, 0.2) is 0 Å². The first-order valence-electron chi connectivity index (χ1n) is 4.43. The fourth-order valence-electron chi connectivity index (χ4n) is 1.41. The summed E-state index contributed by atoms with van der Waals surface area (Å²) >= 11 is 11.6. The Balaban J connectivity index is 2.68. The van der Waals surface area contributed by atoms with E-state index in [1.54, 1.807) is 19.2 Å². The predicted molar refractivity (Wildman–Crippen MR) is 62.7 cm³/mol. The molecule has 0 radical (unpaired) electrons. The van der Waals surface area contributed by atoms with Crippen LogP contribution >= 0.6 is 23.2 Å². The van der Waals surface area contributed by atoms with Crippen molar-refractivity contribution in [3.05, 3.63) is 44.9 Å². The third-order valence-corrected chi connectivity index (χ3v) is 2.93. The van der Waals surface area contributed by atoms with Crippen LogP contribution in [0, 0.1) is 0 Å². The molecular formula is C10H8Cl2N2O2. The average Bonchev–Trinajstić information content (AvgIpc) is 2.47. The SMILES string of the molecule is Cn1cc(O)n(-c2ccc(Cl)c(Cl)c2)c1=O. The molecule has 0 spiro atoms. The molecule has 1 heterocycles. The van der Waals surface area contributed by atoms with Gasteiger partial charge in [0.25, 0.3) is 0 Å². The van der Waals surface area contributed by atoms with Crippen LogP contribution in [-0.4, -0.2) is 14.2 Å². The van der Waals surface area contributed by atoms with Crippen molar-refractivity contribution in [3.8, 4) is 11.6 Å². The number of nitrogens with zero attached hydrogens (tertiary/aromatic N) is 2. The number of benzene rings is 1. The summed E-state index contributed by atoms with van der Waals surface area (Å²) in [6, 6.07) is 4.69. The van der Waals surface area contributed by atoms with Crippen molar-refractivity contribution in [2.75, 3.05) is 0 Å². The lowest BCUT2D eigenvalue weighted by Crippen LogP contribution is -2.20. The van der Waals surface area contributed by atoms with E-state index in [0.29, 0.717) is 15.7 Å². The molecule has 16 heavy (non-hydrogen) atoms. The number of rotatable bonds is 1. The first-order valence-corrected chi connectivity index (χ1v) is 5.19. The molecule has 0 amide bonds. The summed E-state index contributed by atoms with van der Waals surface area (Å²) in [5.41, 5.74) is 0.119. The maximum absolute atomic E-state index is 11.7. The van der Waals surface area contributed by atoms with E-state index in [1.165, 1.54) is 16.8 Å². The van der Waals surface area contributed by atoms with Gasteiger partial charge in [0.1, 0.15) is 0 Å². The second-order valence-corrected chi connectivity index (χ2v) is 4.13. The topological polar surface area (TPSA) is 47.2 Å². The Labute approximate surface area is 101 Å². The maximum atomic E-state index is 11.7. The van der Waals surface area contributed by atoms with Crippen LogP contribution in [0.4, 0.5) is 0 Å². The van der Waals surface area contributed by atoms with Crippen molar-refractivity contribution < 1.29 is 5.11 Å². The van der Waals surface area contributed by atoms with Crippen molar-refractivity contribution in [1.29, 1.82) is 0 Å². The lowest BCUT2D eigenvalue weighted by atomic mass is 10.3. The highest BCUT2D eigenvalue weighted by Crippen LogP contribution is 2.25. The fraction of sp³-hybridized carbons (Fsp3) is 0.100. The molecule has 84 valence electrons. The summed E-state index contributed by atoms with van der Waals surface area (Å²) in [5.74, 6) is -0.147. The summed E-state index contributed by atoms with van der Waals surface area (Å²) in [6.07, 6.45) is 1.32. The number of aromatic nitrogens is 2. The van der Waals surface area contributed by atoms with Crippen LogP contribution < -0.4 is 5.69 Å². The van der Waals surface area contributed by atoms with Crippen LogP contribution in [0.2, 0.25) is 10.0 Å². The number of aryl methyl sites for hydroxylation is 1. The Hall–Kier alpha value is -1.39. The number of hydrogen-bond donors (Lipinski definition) is 1. The van der Waals surface area contributed by atoms with Gasteiger partial charge in [-0.1, -0.05) is 23.2 Å². The Morgan fingerprint density at radius 3 is 2.44 bits per heavy atom. The van der Waals surface area contributed by atoms with Gasteiger partial charge in [-0.2, -0.15) is 0 Å². The summed E-state index contributed by atoms with van der Waals surface area (Å²) in [7, 11) is 1.55. The van der Waals surface area contributed by atoms with E-state index in [-0.39, 0.29) is 11.6 Å². The largest absolute Gasteiger partial charge is 0.493 e. The second-order valence-electron chi connectivity index (χ2n) is 3.31. The summed E-state index contributed by atoms with van der Waals surface area (Å²) in [6.45, 7) is 0. The first kappa shape index (κ1) is 11.1. The van der Waals surface area contributed by atoms with E-state index in [9.17, 15) is 9.90 Å². The Kier molecular flexibility index (Phi) is 2.69. The van der Waals surface area contributed by atoms with Crippen molar-refractivity contribution in [2.24, 2.45) is 7.05 Å². The molecule has 6 heteroatoms. The minimum Gasteiger partial charge on any atom is -0.493 e. The molecule has 1 N–H and O–H groups in total. The summed E-state index contributed by atoms with van der Waals surface area (Å²) in [5, 5.41) is 10.3. The molecule has 1 aromatic heterocycles. The standard InChI is InChI=1S/C10H8Cl2N2O2/c1-13-5-9(15)14(10(13)16)6-2-3-7(11)8(12)4-6/h2-5,15H,1H3. The lowest BCUT2D eigenvalue weighted by molar-refractivity contribution is 0.441. The Bertz CT molecular complexity index is 601. The van der Waals surface area contributed by atoms with Crippen LogP contribution in [-0.2, 0) is 7.05 Å². The average molecular weight is 259 g/mol. The first-order chi connectivity index (χ1) is 7.50. The highest BCUT2D eigenvalue weighted by atomic mass is 35.5. The van der Waals surface area contributed by atoms with Gasteiger partial charge in [-0.15, -0.1) is 0 Å². The minimum atomic E-state index is -0.351. The van der Waals surface area contributed by atoms with Crippen LogP contribution in [0.15, 0.2) is 29.2 Å². The molecule has 0 aliphatic rings. The van der Waals surface area contributed by atoms with Crippen molar-refractivity contribution in [1.82, 2.24) is 9.13 Å². The normalized spacial score (nSPS) is 10.7. The maximum Gasteiger partial charge on any atom is 0.335 e. The second kappa shape index (κ2) is 3.88. The molecule has 0 atom stereocenters. The van der Waals surface area contributed by atoms with E-state index < -0.39 is 0 Å². The molecule has 0 aliphatic heterocycles. The zero-order valence-corrected chi connectivity index (χ0v) is 9.83. The van der Waals surface area contributed by atoms with Crippen LogP contribution in [0.3, 0.4) is 0 Å². The van der Waals surface area contributed by atoms with Gasteiger partial charge in [0, 0.05) is 7.05 Å². The lowest BCUT2D eigenvalue weighted by Gasteiger charge is -2.04. The number of imidazole rings is 1. The quantitative estimate of drug-likeness (QED) is 0.853. The predicted octanol–water partition coefficient (Wildman–Crippen LogP) is 2.19. The van der Waals surface area contributed by atoms with Gasteiger partial charge in [-0.25, -0.2) is 9.36 Å². The van der Waals surface area contributed by atoms with E-state index in [0.717, 1.165) is 4.57 Å². The third kappa shape index (κ3) is 1.70. The molecule has 0 saturated heterocycles. The highest BCUT2D eigenvalue weighted by Gasteiger charge is 2.10. The van der Waals surface area contributed by atoms with Crippen molar-refractivity contribution in [3.63, 3.8) is 0 Å². The van der Waals surface area contributed by atoms with Crippen molar-refractivity contribution >= 4 is 23.2 Å². The van der Waals surface area contributed by atoms with Gasteiger partial charge >= 0.3 is 5.69 Å². The monoisotopic (exact) mass is 258 g/mol. The molecule has 0 fully saturated rings. The molecule has 4 nitrogen and oxygen atoms in total. The molecule has 0 saturated carbocycles. The third-order valence-electron chi connectivity index (χ3n) is 2.19. The van der Waals surface area contributed by atoms with Crippen LogP contribution in [0.5, 0.6) is 5.88 Å². The number of aromatic hydroxyl groups is 1. The minimum absolute atomic E-state index is 0.147. The zero-order valence-electron chi connectivity index (χ0n) is 8.32. The molecule has 2 rings (SSSR count). The fourth-order valence-corrected chi connectivity index (χ4v) is 1.70.